The van der Waals surface area contributed by atoms with Crippen molar-refractivity contribution in [2.45, 2.75) is 25.7 Å². The molecule has 0 unspecified atom stereocenters. The Hall–Kier alpha value is -1.72. The minimum atomic E-state index is 0.725. The van der Waals surface area contributed by atoms with Gasteiger partial charge in [-0.15, -0.1) is 5.11 Å². The molecule has 1 aliphatic heterocycles. The third-order valence-corrected chi connectivity index (χ3v) is 5.81. The third kappa shape index (κ3) is 3.93. The maximum Gasteiger partial charge on any atom is 0.105 e. The second-order valence-corrected chi connectivity index (χ2v) is 7.41. The molecule has 0 saturated carbocycles. The van der Waals surface area contributed by atoms with E-state index in [-0.39, 0.29) is 0 Å². The summed E-state index contributed by atoms with van der Waals surface area (Å²) in [6.45, 7) is 3.06. The van der Waals surface area contributed by atoms with E-state index in [0.717, 1.165) is 62.1 Å². The van der Waals surface area contributed by atoms with E-state index in [9.17, 15) is 0 Å². The number of aryl methyl sites for hydroxylation is 4. The highest BCUT2D eigenvalue weighted by Crippen LogP contribution is 2.35. The molecule has 1 heterocycles. The number of nitrogens with zero attached hydrogens (tertiary/aromatic N) is 3. The average molecular weight is 400 g/mol. The van der Waals surface area contributed by atoms with Crippen molar-refractivity contribution in [3.8, 4) is 0 Å². The van der Waals surface area contributed by atoms with Gasteiger partial charge in [-0.05, 0) is 63.9 Å². The van der Waals surface area contributed by atoms with Gasteiger partial charge in [0.2, 0.25) is 0 Å². The van der Waals surface area contributed by atoms with Crippen LogP contribution in [0.25, 0.3) is 0 Å². The standard InChI is InChI=1S/C20H22BrN3O/c21-19-17-7-5-15-1-3-16(4-2-15)6-8-18(10-9-17)20(19)22-23-24-11-13-25-14-12-24/h1-4,9-10H,5-8,11-14H2. The molecule has 0 spiro atoms. The van der Waals surface area contributed by atoms with E-state index in [1.54, 1.807) is 0 Å². The quantitative estimate of drug-likeness (QED) is 0.688. The van der Waals surface area contributed by atoms with Gasteiger partial charge >= 0.3 is 0 Å². The summed E-state index contributed by atoms with van der Waals surface area (Å²) >= 11 is 3.80. The molecule has 7 rings (SSSR count). The number of benzene rings is 2. The van der Waals surface area contributed by atoms with Crippen LogP contribution in [0.1, 0.15) is 22.3 Å². The first-order valence-electron chi connectivity index (χ1n) is 8.92. The Morgan fingerprint density at radius 1 is 0.800 bits per heavy atom. The van der Waals surface area contributed by atoms with Crippen LogP contribution in [0.3, 0.4) is 0 Å². The van der Waals surface area contributed by atoms with Gasteiger partial charge in [0.1, 0.15) is 5.69 Å². The van der Waals surface area contributed by atoms with Gasteiger partial charge in [0.25, 0.3) is 0 Å². The Morgan fingerprint density at radius 2 is 1.40 bits per heavy atom. The summed E-state index contributed by atoms with van der Waals surface area (Å²) in [7, 11) is 0. The zero-order chi connectivity index (χ0) is 17.1. The molecule has 2 aromatic rings. The van der Waals surface area contributed by atoms with Crippen molar-refractivity contribution >= 4 is 21.6 Å². The van der Waals surface area contributed by atoms with Crippen LogP contribution in [-0.2, 0) is 30.4 Å². The molecule has 1 fully saturated rings. The second-order valence-electron chi connectivity index (χ2n) is 6.62. The molecule has 1 saturated heterocycles. The normalized spacial score (nSPS) is 17.7. The summed E-state index contributed by atoms with van der Waals surface area (Å²) in [5.41, 5.74) is 6.29. The summed E-state index contributed by atoms with van der Waals surface area (Å²) < 4.78 is 6.47. The summed E-state index contributed by atoms with van der Waals surface area (Å²) in [6.07, 6.45) is 4.03. The van der Waals surface area contributed by atoms with Gasteiger partial charge in [-0.2, -0.15) is 0 Å². The predicted molar refractivity (Wildman–Crippen MR) is 102 cm³/mol. The molecule has 0 radical (unpaired) electrons. The van der Waals surface area contributed by atoms with Crippen molar-refractivity contribution in [3.05, 3.63) is 63.1 Å². The fraction of sp³-hybridized carbons (Fsp3) is 0.400. The molecule has 4 aliphatic carbocycles. The van der Waals surface area contributed by atoms with Gasteiger partial charge in [0, 0.05) is 4.47 Å². The van der Waals surface area contributed by atoms with Crippen molar-refractivity contribution in [2.75, 3.05) is 26.3 Å². The number of ether oxygens (including phenoxy) is 1. The molecule has 0 atom stereocenters. The molecule has 130 valence electrons. The fourth-order valence-electron chi connectivity index (χ4n) is 3.33. The number of rotatable bonds is 2. The van der Waals surface area contributed by atoms with Crippen LogP contribution < -0.4 is 0 Å². The lowest BCUT2D eigenvalue weighted by Gasteiger charge is -2.22. The van der Waals surface area contributed by atoms with Crippen molar-refractivity contribution in [1.29, 1.82) is 0 Å². The van der Waals surface area contributed by atoms with Crippen molar-refractivity contribution in [2.24, 2.45) is 10.3 Å². The topological polar surface area (TPSA) is 37.2 Å². The summed E-state index contributed by atoms with van der Waals surface area (Å²) in [4.78, 5) is 0. The molecule has 2 aromatic carbocycles. The molecular formula is C20H22BrN3O. The van der Waals surface area contributed by atoms with E-state index < -0.39 is 0 Å². The Kier molecular flexibility index (Phi) is 5.13. The maximum atomic E-state index is 5.38. The van der Waals surface area contributed by atoms with Gasteiger partial charge in [-0.25, -0.2) is 0 Å². The van der Waals surface area contributed by atoms with E-state index in [4.69, 9.17) is 4.74 Å². The van der Waals surface area contributed by atoms with Gasteiger partial charge in [0.15, 0.2) is 0 Å². The van der Waals surface area contributed by atoms with E-state index in [0.29, 0.717) is 0 Å². The molecule has 0 aromatic heterocycles. The molecule has 5 aliphatic rings. The molecule has 4 bridgehead atoms. The highest BCUT2D eigenvalue weighted by Gasteiger charge is 2.14. The molecule has 0 amide bonds. The first kappa shape index (κ1) is 16.7. The van der Waals surface area contributed by atoms with Crippen LogP contribution >= 0.6 is 15.9 Å². The van der Waals surface area contributed by atoms with Crippen LogP contribution in [-0.4, -0.2) is 31.3 Å². The van der Waals surface area contributed by atoms with Gasteiger partial charge in [-0.3, -0.25) is 5.01 Å². The lowest BCUT2D eigenvalue weighted by molar-refractivity contribution is 0.0353. The number of halogens is 1. The lowest BCUT2D eigenvalue weighted by Crippen LogP contribution is -2.31. The second kappa shape index (κ2) is 7.67. The monoisotopic (exact) mass is 399 g/mol. The van der Waals surface area contributed by atoms with Crippen molar-refractivity contribution in [1.82, 2.24) is 5.01 Å². The van der Waals surface area contributed by atoms with Gasteiger partial charge in [-0.1, -0.05) is 41.6 Å². The minimum Gasteiger partial charge on any atom is -0.378 e. The Balaban J connectivity index is 1.65. The Labute approximate surface area is 157 Å². The van der Waals surface area contributed by atoms with E-state index in [1.807, 2.05) is 5.01 Å². The van der Waals surface area contributed by atoms with Crippen LogP contribution in [0.4, 0.5) is 5.69 Å². The smallest absolute Gasteiger partial charge is 0.105 e. The molecule has 4 nitrogen and oxygen atoms in total. The SMILES string of the molecule is Brc1c2ccc(c1N=NN1CCOCC1)CCc1ccc(cc1)CC2. The van der Waals surface area contributed by atoms with E-state index in [1.165, 1.54) is 22.3 Å². The fourth-order valence-corrected chi connectivity index (χ4v) is 4.00. The average Bonchev–Trinajstić information content (AvgIpc) is 2.65. The zero-order valence-corrected chi connectivity index (χ0v) is 15.8. The molecule has 25 heavy (non-hydrogen) atoms. The summed E-state index contributed by atoms with van der Waals surface area (Å²) in [6, 6.07) is 13.5. The van der Waals surface area contributed by atoms with E-state index in [2.05, 4.69) is 62.7 Å². The first-order chi connectivity index (χ1) is 12.3. The molecule has 5 heteroatoms. The van der Waals surface area contributed by atoms with Gasteiger partial charge in [0.05, 0.1) is 26.3 Å². The van der Waals surface area contributed by atoms with Crippen LogP contribution in [0, 0.1) is 0 Å². The number of morpholine rings is 1. The first-order valence-corrected chi connectivity index (χ1v) is 9.71. The molecular weight excluding hydrogens is 378 g/mol. The Bertz CT molecular complexity index is 767. The highest BCUT2D eigenvalue weighted by molar-refractivity contribution is 9.10. The summed E-state index contributed by atoms with van der Waals surface area (Å²) in [5.74, 6) is 0. The van der Waals surface area contributed by atoms with Crippen LogP contribution in [0.15, 0.2) is 51.2 Å². The van der Waals surface area contributed by atoms with Crippen molar-refractivity contribution < 1.29 is 4.74 Å². The lowest BCUT2D eigenvalue weighted by atomic mass is 9.96. The number of hydrogen-bond donors (Lipinski definition) is 0. The number of hydrogen-bond acceptors (Lipinski definition) is 3. The van der Waals surface area contributed by atoms with Gasteiger partial charge < -0.3 is 4.74 Å². The molecule has 0 N–H and O–H groups in total. The van der Waals surface area contributed by atoms with Crippen LogP contribution in [0.2, 0.25) is 0 Å². The Morgan fingerprint density at radius 3 is 2.08 bits per heavy atom. The third-order valence-electron chi connectivity index (χ3n) is 4.93. The predicted octanol–water partition coefficient (Wildman–Crippen LogP) is 4.66. The van der Waals surface area contributed by atoms with Crippen molar-refractivity contribution in [3.63, 3.8) is 0 Å². The maximum absolute atomic E-state index is 5.38. The van der Waals surface area contributed by atoms with E-state index >= 15 is 0 Å². The minimum absolute atomic E-state index is 0.725. The highest BCUT2D eigenvalue weighted by atomic mass is 79.9. The zero-order valence-electron chi connectivity index (χ0n) is 14.2. The largest absolute Gasteiger partial charge is 0.378 e. The summed E-state index contributed by atoms with van der Waals surface area (Å²) in [5, 5.41) is 11.1. The van der Waals surface area contributed by atoms with Crippen LogP contribution in [0.5, 0.6) is 0 Å².